The van der Waals surface area contributed by atoms with Crippen LogP contribution in [0.25, 0.3) is 0 Å². The molecule has 1 atom stereocenters. The van der Waals surface area contributed by atoms with E-state index >= 15 is 0 Å². The van der Waals surface area contributed by atoms with Gasteiger partial charge in [0.05, 0.1) is 0 Å². The number of amides is 1. The number of hydrogen-bond donors (Lipinski definition) is 2. The molecule has 1 fully saturated rings. The lowest BCUT2D eigenvalue weighted by Crippen LogP contribution is -2.41. The molecule has 76 valence electrons. The molecule has 13 heavy (non-hydrogen) atoms. The first-order valence-corrected chi connectivity index (χ1v) is 4.84. The number of nitrogens with zero attached hydrogens (tertiary/aromatic N) is 1. The van der Waals surface area contributed by atoms with E-state index in [9.17, 15) is 4.79 Å². The third kappa shape index (κ3) is 2.67. The number of nitrogens with two attached hydrogens (primary N) is 1. The summed E-state index contributed by atoms with van der Waals surface area (Å²) in [7, 11) is 2.11. The van der Waals surface area contributed by atoms with Gasteiger partial charge in [-0.25, -0.2) is 5.84 Å². The Morgan fingerprint density at radius 2 is 2.08 bits per heavy atom. The van der Waals surface area contributed by atoms with Crippen molar-refractivity contribution in [1.29, 1.82) is 0 Å². The molecule has 1 amide bonds. The molecule has 3 N–H and O–H groups in total. The fourth-order valence-corrected chi connectivity index (χ4v) is 1.87. The lowest BCUT2D eigenvalue weighted by molar-refractivity contribution is -0.126. The van der Waals surface area contributed by atoms with E-state index in [1.807, 2.05) is 6.92 Å². The molecule has 1 heterocycles. The average molecular weight is 185 g/mol. The number of likely N-dealkylation sites (tertiary alicyclic amines) is 1. The van der Waals surface area contributed by atoms with Crippen molar-refractivity contribution >= 4 is 5.91 Å². The fourth-order valence-electron chi connectivity index (χ4n) is 1.87. The Bertz CT molecular complexity index is 176. The quantitative estimate of drug-likeness (QED) is 0.360. The molecular formula is C9H19N3O. The summed E-state index contributed by atoms with van der Waals surface area (Å²) in [6.07, 6.45) is 2.20. The van der Waals surface area contributed by atoms with Gasteiger partial charge in [0.2, 0.25) is 5.91 Å². The first-order chi connectivity index (χ1) is 6.15. The van der Waals surface area contributed by atoms with Gasteiger partial charge in [0.15, 0.2) is 0 Å². The van der Waals surface area contributed by atoms with Crippen LogP contribution in [0.2, 0.25) is 0 Å². The highest BCUT2D eigenvalue weighted by Gasteiger charge is 2.26. The zero-order valence-electron chi connectivity index (χ0n) is 8.42. The summed E-state index contributed by atoms with van der Waals surface area (Å²) in [5.41, 5.74) is 2.22. The van der Waals surface area contributed by atoms with Crippen LogP contribution < -0.4 is 11.3 Å². The molecule has 0 aromatic heterocycles. The van der Waals surface area contributed by atoms with E-state index in [1.54, 1.807) is 0 Å². The number of hydrazine groups is 1. The third-order valence-electron chi connectivity index (χ3n) is 3.03. The van der Waals surface area contributed by atoms with Crippen LogP contribution in [0, 0.1) is 11.8 Å². The van der Waals surface area contributed by atoms with Crippen LogP contribution in [0.5, 0.6) is 0 Å². The van der Waals surface area contributed by atoms with Gasteiger partial charge in [-0.3, -0.25) is 10.2 Å². The predicted molar refractivity (Wildman–Crippen MR) is 51.7 cm³/mol. The maximum absolute atomic E-state index is 11.2. The van der Waals surface area contributed by atoms with Crippen molar-refractivity contribution in [3.8, 4) is 0 Å². The van der Waals surface area contributed by atoms with Crippen LogP contribution in [0.1, 0.15) is 19.8 Å². The molecule has 0 radical (unpaired) electrons. The van der Waals surface area contributed by atoms with Gasteiger partial charge in [0, 0.05) is 5.92 Å². The van der Waals surface area contributed by atoms with E-state index < -0.39 is 0 Å². The number of piperidine rings is 1. The fraction of sp³-hybridized carbons (Fsp3) is 0.889. The summed E-state index contributed by atoms with van der Waals surface area (Å²) in [6, 6.07) is 0. The lowest BCUT2D eigenvalue weighted by Gasteiger charge is -2.31. The molecule has 0 aromatic rings. The van der Waals surface area contributed by atoms with Crippen LogP contribution in [-0.2, 0) is 4.79 Å². The molecule has 4 nitrogen and oxygen atoms in total. The molecule has 4 heteroatoms. The summed E-state index contributed by atoms with van der Waals surface area (Å²) in [6.45, 7) is 4.14. The first-order valence-electron chi connectivity index (χ1n) is 4.84. The van der Waals surface area contributed by atoms with Gasteiger partial charge < -0.3 is 4.90 Å². The largest absolute Gasteiger partial charge is 0.306 e. The summed E-state index contributed by atoms with van der Waals surface area (Å²) in [4.78, 5) is 13.5. The zero-order chi connectivity index (χ0) is 9.84. The molecule has 1 aliphatic heterocycles. The molecule has 0 aromatic carbocycles. The van der Waals surface area contributed by atoms with Crippen molar-refractivity contribution in [2.24, 2.45) is 17.7 Å². The highest BCUT2D eigenvalue weighted by atomic mass is 16.2. The Morgan fingerprint density at radius 1 is 1.54 bits per heavy atom. The maximum atomic E-state index is 11.2. The van der Waals surface area contributed by atoms with Crippen molar-refractivity contribution in [3.63, 3.8) is 0 Å². The Hall–Kier alpha value is -0.610. The van der Waals surface area contributed by atoms with E-state index in [2.05, 4.69) is 17.4 Å². The van der Waals surface area contributed by atoms with E-state index in [1.165, 1.54) is 0 Å². The van der Waals surface area contributed by atoms with Gasteiger partial charge in [-0.1, -0.05) is 6.92 Å². The second-order valence-corrected chi connectivity index (χ2v) is 3.94. The number of carbonyl (C=O) groups is 1. The lowest BCUT2D eigenvalue weighted by atomic mass is 9.85. The van der Waals surface area contributed by atoms with Gasteiger partial charge in [-0.2, -0.15) is 0 Å². The van der Waals surface area contributed by atoms with Crippen molar-refractivity contribution in [2.75, 3.05) is 20.1 Å². The standard InChI is InChI=1S/C9H19N3O/c1-7(9(13)11-10)8-3-5-12(2)6-4-8/h7-8H,3-6,10H2,1-2H3,(H,11,13). The topological polar surface area (TPSA) is 58.4 Å². The van der Waals surface area contributed by atoms with E-state index in [-0.39, 0.29) is 11.8 Å². The minimum Gasteiger partial charge on any atom is -0.306 e. The predicted octanol–water partition coefficient (Wildman–Crippen LogP) is -0.0458. The average Bonchev–Trinajstić information content (AvgIpc) is 2.17. The summed E-state index contributed by atoms with van der Waals surface area (Å²) >= 11 is 0. The van der Waals surface area contributed by atoms with Crippen molar-refractivity contribution < 1.29 is 4.79 Å². The van der Waals surface area contributed by atoms with Gasteiger partial charge in [0.25, 0.3) is 0 Å². The first kappa shape index (κ1) is 10.5. The highest BCUT2D eigenvalue weighted by Crippen LogP contribution is 2.23. The maximum Gasteiger partial charge on any atom is 0.236 e. The molecule has 1 saturated heterocycles. The summed E-state index contributed by atoms with van der Waals surface area (Å²) < 4.78 is 0. The monoisotopic (exact) mass is 185 g/mol. The third-order valence-corrected chi connectivity index (χ3v) is 3.03. The van der Waals surface area contributed by atoms with E-state index in [0.717, 1.165) is 25.9 Å². The number of carbonyl (C=O) groups excluding carboxylic acids is 1. The zero-order valence-corrected chi connectivity index (χ0v) is 8.42. The second-order valence-electron chi connectivity index (χ2n) is 3.94. The number of nitrogens with one attached hydrogen (secondary N) is 1. The Morgan fingerprint density at radius 3 is 2.54 bits per heavy atom. The number of hydrogen-bond acceptors (Lipinski definition) is 3. The molecular weight excluding hydrogens is 166 g/mol. The molecule has 1 aliphatic rings. The molecule has 0 aliphatic carbocycles. The summed E-state index contributed by atoms with van der Waals surface area (Å²) in [5, 5.41) is 0. The minimum absolute atomic E-state index is 0.0328. The van der Waals surface area contributed by atoms with Crippen LogP contribution in [0.3, 0.4) is 0 Å². The van der Waals surface area contributed by atoms with Crippen LogP contribution >= 0.6 is 0 Å². The van der Waals surface area contributed by atoms with Gasteiger partial charge >= 0.3 is 0 Å². The van der Waals surface area contributed by atoms with E-state index in [0.29, 0.717) is 5.92 Å². The molecule has 1 rings (SSSR count). The molecule has 0 bridgehead atoms. The van der Waals surface area contributed by atoms with Crippen molar-refractivity contribution in [1.82, 2.24) is 10.3 Å². The van der Waals surface area contributed by atoms with E-state index in [4.69, 9.17) is 5.84 Å². The molecule has 0 saturated carbocycles. The van der Waals surface area contributed by atoms with Crippen molar-refractivity contribution in [3.05, 3.63) is 0 Å². The number of rotatable bonds is 2. The van der Waals surface area contributed by atoms with Crippen LogP contribution in [0.4, 0.5) is 0 Å². The summed E-state index contributed by atoms with van der Waals surface area (Å²) in [5.74, 6) is 5.62. The van der Waals surface area contributed by atoms with Crippen molar-refractivity contribution in [2.45, 2.75) is 19.8 Å². The van der Waals surface area contributed by atoms with Gasteiger partial charge in [-0.05, 0) is 38.9 Å². The minimum atomic E-state index is -0.0328. The Labute approximate surface area is 79.4 Å². The normalized spacial score (nSPS) is 22.7. The van der Waals surface area contributed by atoms with Crippen LogP contribution in [0.15, 0.2) is 0 Å². The second kappa shape index (κ2) is 4.58. The van der Waals surface area contributed by atoms with Gasteiger partial charge in [-0.15, -0.1) is 0 Å². The van der Waals surface area contributed by atoms with Crippen LogP contribution in [-0.4, -0.2) is 30.9 Å². The smallest absolute Gasteiger partial charge is 0.236 e. The Kier molecular flexibility index (Phi) is 3.69. The molecule has 1 unspecified atom stereocenters. The van der Waals surface area contributed by atoms with Gasteiger partial charge in [0.1, 0.15) is 0 Å². The Balaban J connectivity index is 2.39. The SMILES string of the molecule is CC(C(=O)NN)C1CCN(C)CC1. The highest BCUT2D eigenvalue weighted by molar-refractivity contribution is 5.77. The molecule has 0 spiro atoms.